The first-order chi connectivity index (χ1) is 8.90. The fourth-order valence-corrected chi connectivity index (χ4v) is 2.34. The van der Waals surface area contributed by atoms with Gasteiger partial charge in [-0.1, -0.05) is 36.4 Å². The van der Waals surface area contributed by atoms with Gasteiger partial charge in [-0.3, -0.25) is 0 Å². The van der Waals surface area contributed by atoms with E-state index in [4.69, 9.17) is 4.74 Å². The van der Waals surface area contributed by atoms with E-state index in [0.29, 0.717) is 6.61 Å². The van der Waals surface area contributed by atoms with Gasteiger partial charge in [0.15, 0.2) is 0 Å². The molecule has 0 N–H and O–H groups in total. The van der Waals surface area contributed by atoms with Gasteiger partial charge in [-0.15, -0.1) is 0 Å². The molecule has 0 atom stereocenters. The molecule has 3 rings (SSSR count). The van der Waals surface area contributed by atoms with Crippen LogP contribution in [-0.4, -0.2) is 11.5 Å². The molecule has 0 unspecified atom stereocenters. The molecule has 2 heterocycles. The first-order valence-electron chi connectivity index (χ1n) is 6.03. The lowest BCUT2D eigenvalue weighted by Crippen LogP contribution is -1.89. The number of pyridine rings is 1. The van der Waals surface area contributed by atoms with Crippen molar-refractivity contribution in [3.05, 3.63) is 66.5 Å². The molecule has 3 aromatic rings. The summed E-state index contributed by atoms with van der Waals surface area (Å²) < 4.78 is 7.49. The molecule has 0 aliphatic rings. The number of fused-ring (bicyclic) bond motifs is 1. The lowest BCUT2D eigenvalue weighted by molar-refractivity contribution is 0.186. The van der Waals surface area contributed by atoms with Crippen LogP contribution in [0.3, 0.4) is 0 Å². The molecule has 0 saturated heterocycles. The van der Waals surface area contributed by atoms with Crippen molar-refractivity contribution in [3.63, 3.8) is 0 Å². The molecule has 0 fully saturated rings. The summed E-state index contributed by atoms with van der Waals surface area (Å²) in [5.74, 6) is 0. The average Bonchev–Trinajstić information content (AvgIpc) is 2.80. The largest absolute Gasteiger partial charge is 0.380 e. The van der Waals surface area contributed by atoms with E-state index in [0.717, 1.165) is 0 Å². The van der Waals surface area contributed by atoms with Crippen LogP contribution in [0.25, 0.3) is 16.6 Å². The lowest BCUT2D eigenvalue weighted by Gasteiger charge is -2.03. The molecule has 90 valence electrons. The van der Waals surface area contributed by atoms with Gasteiger partial charge in [0, 0.05) is 30.6 Å². The van der Waals surface area contributed by atoms with Gasteiger partial charge >= 0.3 is 0 Å². The zero-order valence-corrected chi connectivity index (χ0v) is 10.3. The van der Waals surface area contributed by atoms with E-state index in [1.54, 1.807) is 7.11 Å². The maximum Gasteiger partial charge on any atom is 0.0740 e. The van der Waals surface area contributed by atoms with Crippen LogP contribution in [0.4, 0.5) is 0 Å². The third-order valence-electron chi connectivity index (χ3n) is 3.17. The number of ether oxygens (including phenoxy) is 1. The number of methoxy groups -OCH3 is 1. The summed E-state index contributed by atoms with van der Waals surface area (Å²) in [6.07, 6.45) is 4.24. The Balaban J connectivity index is 2.25. The Labute approximate surface area is 106 Å². The summed E-state index contributed by atoms with van der Waals surface area (Å²) in [5.41, 5.74) is 4.92. The average molecular weight is 237 g/mol. The van der Waals surface area contributed by atoms with Crippen LogP contribution < -0.4 is 0 Å². The molecule has 0 bridgehead atoms. The van der Waals surface area contributed by atoms with Gasteiger partial charge < -0.3 is 9.14 Å². The zero-order chi connectivity index (χ0) is 12.4. The molecule has 2 heteroatoms. The van der Waals surface area contributed by atoms with E-state index in [1.807, 2.05) is 12.1 Å². The zero-order valence-electron chi connectivity index (χ0n) is 10.3. The second-order valence-corrected chi connectivity index (χ2v) is 4.31. The Morgan fingerprint density at radius 2 is 1.78 bits per heavy atom. The quantitative estimate of drug-likeness (QED) is 0.676. The van der Waals surface area contributed by atoms with Crippen molar-refractivity contribution in [1.82, 2.24) is 4.40 Å². The van der Waals surface area contributed by atoms with Gasteiger partial charge in [0.05, 0.1) is 12.1 Å². The Morgan fingerprint density at radius 3 is 2.56 bits per heavy atom. The molecular weight excluding hydrogens is 222 g/mol. The Kier molecular flexibility index (Phi) is 2.87. The maximum absolute atomic E-state index is 5.34. The van der Waals surface area contributed by atoms with Crippen LogP contribution in [-0.2, 0) is 11.3 Å². The van der Waals surface area contributed by atoms with E-state index in [9.17, 15) is 0 Å². The topological polar surface area (TPSA) is 13.6 Å². The van der Waals surface area contributed by atoms with Crippen molar-refractivity contribution in [1.29, 1.82) is 0 Å². The van der Waals surface area contributed by atoms with Crippen LogP contribution in [0.2, 0.25) is 0 Å². The number of hydrogen-bond acceptors (Lipinski definition) is 1. The van der Waals surface area contributed by atoms with E-state index >= 15 is 0 Å². The summed E-state index contributed by atoms with van der Waals surface area (Å²) in [4.78, 5) is 0. The highest BCUT2D eigenvalue weighted by Gasteiger charge is 2.11. The molecule has 2 nitrogen and oxygen atoms in total. The highest BCUT2D eigenvalue weighted by atomic mass is 16.5. The van der Waals surface area contributed by atoms with Crippen LogP contribution in [0.15, 0.2) is 60.9 Å². The standard InChI is InChI=1S/C16H15NO/c1-18-12-15-14(13-7-3-2-4-8-13)11-17-10-6-5-9-16(15)17/h2-11H,12H2,1H3. The number of rotatable bonds is 3. The fourth-order valence-electron chi connectivity index (χ4n) is 2.34. The van der Waals surface area contributed by atoms with E-state index in [2.05, 4.69) is 53.2 Å². The van der Waals surface area contributed by atoms with Crippen LogP contribution in [0, 0.1) is 0 Å². The Hall–Kier alpha value is -2.06. The molecule has 0 amide bonds. The second-order valence-electron chi connectivity index (χ2n) is 4.31. The van der Waals surface area contributed by atoms with Crippen LogP contribution in [0.5, 0.6) is 0 Å². The minimum absolute atomic E-state index is 0.630. The van der Waals surface area contributed by atoms with Crippen molar-refractivity contribution >= 4 is 5.52 Å². The fraction of sp³-hybridized carbons (Fsp3) is 0.125. The van der Waals surface area contributed by atoms with Crippen molar-refractivity contribution in [3.8, 4) is 11.1 Å². The molecule has 0 spiro atoms. The molecule has 0 radical (unpaired) electrons. The van der Waals surface area contributed by atoms with Crippen molar-refractivity contribution < 1.29 is 4.74 Å². The minimum Gasteiger partial charge on any atom is -0.380 e. The number of hydrogen-bond donors (Lipinski definition) is 0. The highest BCUT2D eigenvalue weighted by Crippen LogP contribution is 2.29. The molecule has 18 heavy (non-hydrogen) atoms. The molecule has 2 aromatic heterocycles. The van der Waals surface area contributed by atoms with Crippen molar-refractivity contribution in [2.24, 2.45) is 0 Å². The highest BCUT2D eigenvalue weighted by molar-refractivity contribution is 5.76. The van der Waals surface area contributed by atoms with Crippen molar-refractivity contribution in [2.75, 3.05) is 7.11 Å². The Bertz CT molecular complexity index is 655. The predicted molar refractivity (Wildman–Crippen MR) is 73.5 cm³/mol. The summed E-state index contributed by atoms with van der Waals surface area (Å²) in [6, 6.07) is 16.7. The molecular formula is C16H15NO. The van der Waals surface area contributed by atoms with Crippen LogP contribution >= 0.6 is 0 Å². The van der Waals surface area contributed by atoms with E-state index in [-0.39, 0.29) is 0 Å². The maximum atomic E-state index is 5.34. The monoisotopic (exact) mass is 237 g/mol. The number of aromatic nitrogens is 1. The van der Waals surface area contributed by atoms with Crippen molar-refractivity contribution in [2.45, 2.75) is 6.61 Å². The summed E-state index contributed by atoms with van der Waals surface area (Å²) >= 11 is 0. The van der Waals surface area contributed by atoms with E-state index < -0.39 is 0 Å². The SMILES string of the molecule is COCc1c(-c2ccccc2)cn2ccccc12. The predicted octanol–water partition coefficient (Wildman–Crippen LogP) is 3.75. The van der Waals surface area contributed by atoms with Gasteiger partial charge in [0.2, 0.25) is 0 Å². The summed E-state index contributed by atoms with van der Waals surface area (Å²) in [7, 11) is 1.74. The first kappa shape index (κ1) is 11.1. The second kappa shape index (κ2) is 4.67. The van der Waals surface area contributed by atoms with Gasteiger partial charge in [-0.05, 0) is 17.7 Å². The minimum atomic E-state index is 0.630. The number of nitrogens with zero attached hydrogens (tertiary/aromatic N) is 1. The Morgan fingerprint density at radius 1 is 1.00 bits per heavy atom. The summed E-state index contributed by atoms with van der Waals surface area (Å²) in [6.45, 7) is 0.630. The molecule has 1 aromatic carbocycles. The van der Waals surface area contributed by atoms with Crippen LogP contribution in [0.1, 0.15) is 5.56 Å². The summed E-state index contributed by atoms with van der Waals surface area (Å²) in [5, 5.41) is 0. The van der Waals surface area contributed by atoms with Gasteiger partial charge in [-0.2, -0.15) is 0 Å². The number of benzene rings is 1. The van der Waals surface area contributed by atoms with E-state index in [1.165, 1.54) is 22.2 Å². The molecule has 0 aliphatic carbocycles. The molecule has 0 saturated carbocycles. The normalized spacial score (nSPS) is 10.9. The van der Waals surface area contributed by atoms with Gasteiger partial charge in [0.25, 0.3) is 0 Å². The van der Waals surface area contributed by atoms with Gasteiger partial charge in [-0.25, -0.2) is 0 Å². The molecule has 0 aliphatic heterocycles. The smallest absolute Gasteiger partial charge is 0.0740 e. The lowest BCUT2D eigenvalue weighted by atomic mass is 10.0. The van der Waals surface area contributed by atoms with Gasteiger partial charge in [0.1, 0.15) is 0 Å². The third kappa shape index (κ3) is 1.81. The third-order valence-corrected chi connectivity index (χ3v) is 3.17. The first-order valence-corrected chi connectivity index (χ1v) is 6.03.